The molecule has 1 heterocycles. The topological polar surface area (TPSA) is 34.1 Å². The van der Waals surface area contributed by atoms with Crippen molar-refractivity contribution in [3.63, 3.8) is 0 Å². The number of hydrogen-bond acceptors (Lipinski definition) is 3. The van der Waals surface area contributed by atoms with Gasteiger partial charge in [0.2, 0.25) is 5.88 Å². The number of rotatable bonds is 4. The van der Waals surface area contributed by atoms with E-state index in [9.17, 15) is 0 Å². The SMILES string of the molecule is CC(C)(C)NCc1cccc(Oc2ccccn2)c1. The minimum absolute atomic E-state index is 0.109. The summed E-state index contributed by atoms with van der Waals surface area (Å²) in [4.78, 5) is 4.15. The predicted molar refractivity (Wildman–Crippen MR) is 77.3 cm³/mol. The van der Waals surface area contributed by atoms with Gasteiger partial charge in [-0.3, -0.25) is 0 Å². The van der Waals surface area contributed by atoms with Crippen molar-refractivity contribution in [2.45, 2.75) is 32.9 Å². The summed E-state index contributed by atoms with van der Waals surface area (Å²) in [5, 5.41) is 3.46. The Balaban J connectivity index is 2.03. The number of aromatic nitrogens is 1. The van der Waals surface area contributed by atoms with Gasteiger partial charge in [0.15, 0.2) is 0 Å². The quantitative estimate of drug-likeness (QED) is 0.904. The standard InChI is InChI=1S/C16H20N2O/c1-16(2,3)18-12-13-7-6-8-14(11-13)19-15-9-4-5-10-17-15/h4-11,18H,12H2,1-3H3. The summed E-state index contributed by atoms with van der Waals surface area (Å²) in [6.45, 7) is 7.28. The molecular weight excluding hydrogens is 236 g/mol. The molecule has 0 saturated heterocycles. The highest BCUT2D eigenvalue weighted by Crippen LogP contribution is 2.20. The van der Waals surface area contributed by atoms with Crippen LogP contribution in [0.15, 0.2) is 48.7 Å². The lowest BCUT2D eigenvalue weighted by atomic mass is 10.1. The van der Waals surface area contributed by atoms with Crippen LogP contribution in [-0.2, 0) is 6.54 Å². The molecule has 0 amide bonds. The van der Waals surface area contributed by atoms with Gasteiger partial charge in [0.25, 0.3) is 0 Å². The minimum Gasteiger partial charge on any atom is -0.439 e. The molecule has 1 N–H and O–H groups in total. The van der Waals surface area contributed by atoms with Gasteiger partial charge in [-0.15, -0.1) is 0 Å². The van der Waals surface area contributed by atoms with Crippen LogP contribution in [0.3, 0.4) is 0 Å². The molecule has 0 radical (unpaired) electrons. The average molecular weight is 256 g/mol. The summed E-state index contributed by atoms with van der Waals surface area (Å²) in [5.41, 5.74) is 1.31. The second-order valence-corrected chi connectivity index (χ2v) is 5.52. The highest BCUT2D eigenvalue weighted by molar-refractivity contribution is 5.31. The minimum atomic E-state index is 0.109. The number of benzene rings is 1. The van der Waals surface area contributed by atoms with E-state index in [1.54, 1.807) is 6.20 Å². The van der Waals surface area contributed by atoms with Crippen molar-refractivity contribution in [1.29, 1.82) is 0 Å². The Morgan fingerprint density at radius 1 is 1.11 bits per heavy atom. The van der Waals surface area contributed by atoms with Crippen molar-refractivity contribution < 1.29 is 4.74 Å². The third kappa shape index (κ3) is 4.72. The molecule has 0 bridgehead atoms. The second kappa shape index (κ2) is 5.85. The van der Waals surface area contributed by atoms with Crippen LogP contribution in [0.2, 0.25) is 0 Å². The Morgan fingerprint density at radius 2 is 1.95 bits per heavy atom. The van der Waals surface area contributed by atoms with Crippen LogP contribution in [0, 0.1) is 0 Å². The molecule has 2 rings (SSSR count). The summed E-state index contributed by atoms with van der Waals surface area (Å²) in [7, 11) is 0. The lowest BCUT2D eigenvalue weighted by Gasteiger charge is -2.20. The first-order chi connectivity index (χ1) is 9.03. The van der Waals surface area contributed by atoms with E-state index in [4.69, 9.17) is 4.74 Å². The van der Waals surface area contributed by atoms with Crippen molar-refractivity contribution in [2.24, 2.45) is 0 Å². The lowest BCUT2D eigenvalue weighted by molar-refractivity contribution is 0.422. The van der Waals surface area contributed by atoms with Crippen molar-refractivity contribution in [3.05, 3.63) is 54.2 Å². The molecular formula is C16H20N2O. The molecule has 1 aromatic heterocycles. The molecule has 1 aromatic carbocycles. The van der Waals surface area contributed by atoms with Crippen LogP contribution in [0.5, 0.6) is 11.6 Å². The third-order valence-electron chi connectivity index (χ3n) is 2.58. The highest BCUT2D eigenvalue weighted by atomic mass is 16.5. The average Bonchev–Trinajstić information content (AvgIpc) is 2.37. The van der Waals surface area contributed by atoms with Gasteiger partial charge in [-0.05, 0) is 44.5 Å². The fraction of sp³-hybridized carbons (Fsp3) is 0.312. The van der Waals surface area contributed by atoms with Crippen molar-refractivity contribution >= 4 is 0 Å². The third-order valence-corrected chi connectivity index (χ3v) is 2.58. The maximum absolute atomic E-state index is 5.71. The Labute approximate surface area is 114 Å². The molecule has 0 spiro atoms. The van der Waals surface area contributed by atoms with Crippen LogP contribution in [-0.4, -0.2) is 10.5 Å². The maximum atomic E-state index is 5.71. The van der Waals surface area contributed by atoms with E-state index in [0.29, 0.717) is 5.88 Å². The van der Waals surface area contributed by atoms with Gasteiger partial charge in [0.05, 0.1) is 0 Å². The largest absolute Gasteiger partial charge is 0.439 e. The lowest BCUT2D eigenvalue weighted by Crippen LogP contribution is -2.35. The van der Waals surface area contributed by atoms with E-state index in [1.807, 2.05) is 36.4 Å². The Kier molecular flexibility index (Phi) is 4.17. The zero-order valence-electron chi connectivity index (χ0n) is 11.7. The zero-order valence-corrected chi connectivity index (χ0v) is 11.7. The first-order valence-corrected chi connectivity index (χ1v) is 6.46. The smallest absolute Gasteiger partial charge is 0.219 e. The Hall–Kier alpha value is -1.87. The summed E-state index contributed by atoms with van der Waals surface area (Å²) in [5.74, 6) is 1.43. The fourth-order valence-corrected chi connectivity index (χ4v) is 1.61. The van der Waals surface area contributed by atoms with Gasteiger partial charge >= 0.3 is 0 Å². The summed E-state index contributed by atoms with van der Waals surface area (Å²) >= 11 is 0. The molecule has 2 aromatic rings. The van der Waals surface area contributed by atoms with E-state index in [1.165, 1.54) is 5.56 Å². The first kappa shape index (κ1) is 13.6. The summed E-state index contributed by atoms with van der Waals surface area (Å²) in [6, 6.07) is 13.7. The van der Waals surface area contributed by atoms with E-state index >= 15 is 0 Å². The van der Waals surface area contributed by atoms with Crippen LogP contribution in [0.1, 0.15) is 26.3 Å². The molecule has 100 valence electrons. The maximum Gasteiger partial charge on any atom is 0.219 e. The number of pyridine rings is 1. The molecule has 0 saturated carbocycles. The van der Waals surface area contributed by atoms with Crippen LogP contribution in [0.4, 0.5) is 0 Å². The highest BCUT2D eigenvalue weighted by Gasteiger charge is 2.08. The van der Waals surface area contributed by atoms with Crippen LogP contribution in [0.25, 0.3) is 0 Å². The van der Waals surface area contributed by atoms with Crippen LogP contribution >= 0.6 is 0 Å². The van der Waals surface area contributed by atoms with Gasteiger partial charge < -0.3 is 10.1 Å². The summed E-state index contributed by atoms with van der Waals surface area (Å²) < 4.78 is 5.71. The van der Waals surface area contributed by atoms with Crippen molar-refractivity contribution in [3.8, 4) is 11.6 Å². The predicted octanol–water partition coefficient (Wildman–Crippen LogP) is 3.76. The first-order valence-electron chi connectivity index (χ1n) is 6.46. The fourth-order valence-electron chi connectivity index (χ4n) is 1.61. The number of nitrogens with zero attached hydrogens (tertiary/aromatic N) is 1. The monoisotopic (exact) mass is 256 g/mol. The van der Waals surface area contributed by atoms with Gasteiger partial charge in [-0.1, -0.05) is 18.2 Å². The van der Waals surface area contributed by atoms with E-state index in [2.05, 4.69) is 37.1 Å². The number of hydrogen-bond donors (Lipinski definition) is 1. The molecule has 3 heteroatoms. The number of ether oxygens (including phenoxy) is 1. The number of nitrogens with one attached hydrogen (secondary N) is 1. The molecule has 19 heavy (non-hydrogen) atoms. The molecule has 0 aliphatic carbocycles. The van der Waals surface area contributed by atoms with Gasteiger partial charge in [-0.2, -0.15) is 0 Å². The van der Waals surface area contributed by atoms with Gasteiger partial charge in [0, 0.05) is 24.3 Å². The van der Waals surface area contributed by atoms with Crippen LogP contribution < -0.4 is 10.1 Å². The van der Waals surface area contributed by atoms with Crippen molar-refractivity contribution in [2.75, 3.05) is 0 Å². The molecule has 0 fully saturated rings. The normalized spacial score (nSPS) is 11.3. The van der Waals surface area contributed by atoms with E-state index in [0.717, 1.165) is 12.3 Å². The Morgan fingerprint density at radius 3 is 2.63 bits per heavy atom. The van der Waals surface area contributed by atoms with Crippen molar-refractivity contribution in [1.82, 2.24) is 10.3 Å². The molecule has 3 nitrogen and oxygen atoms in total. The molecule has 0 unspecified atom stereocenters. The van der Waals surface area contributed by atoms with E-state index in [-0.39, 0.29) is 5.54 Å². The molecule has 0 atom stereocenters. The molecule has 0 aliphatic rings. The molecule has 0 aliphatic heterocycles. The second-order valence-electron chi connectivity index (χ2n) is 5.52. The van der Waals surface area contributed by atoms with Gasteiger partial charge in [-0.25, -0.2) is 4.98 Å². The van der Waals surface area contributed by atoms with Gasteiger partial charge in [0.1, 0.15) is 5.75 Å². The Bertz CT molecular complexity index is 518. The zero-order chi connectivity index (χ0) is 13.7. The van der Waals surface area contributed by atoms with E-state index < -0.39 is 0 Å². The summed E-state index contributed by atoms with van der Waals surface area (Å²) in [6.07, 6.45) is 1.72.